The molecule has 10 heavy (non-hydrogen) atoms. The number of rotatable bonds is 2. The minimum absolute atomic E-state index is 0. The van der Waals surface area contributed by atoms with Crippen LogP contribution >= 0.6 is 34.0 Å². The maximum Gasteiger partial charge on any atom is 0.322 e. The van der Waals surface area contributed by atoms with Gasteiger partial charge in [0.25, 0.3) is 0 Å². The highest BCUT2D eigenvalue weighted by atomic mass is 79.9. The molecule has 0 aromatic rings. The number of hydrogen-bond acceptors (Lipinski definition) is 3. The molecule has 0 saturated carbocycles. The maximum absolute atomic E-state index is 9.94. The van der Waals surface area contributed by atoms with Crippen LogP contribution in [0.3, 0.4) is 0 Å². The van der Waals surface area contributed by atoms with Crippen LogP contribution in [-0.4, -0.2) is 23.2 Å². The van der Waals surface area contributed by atoms with Gasteiger partial charge in [0.1, 0.15) is 6.04 Å². The lowest BCUT2D eigenvalue weighted by atomic mass is 10.2. The minimum atomic E-state index is -1.06. The second-order valence-corrected chi connectivity index (χ2v) is 1.72. The fourth-order valence-electron chi connectivity index (χ4n) is 0.225. The summed E-state index contributed by atoms with van der Waals surface area (Å²) in [7, 11) is 0. The Morgan fingerprint density at radius 1 is 1.40 bits per heavy atom. The lowest BCUT2D eigenvalue weighted by Crippen LogP contribution is -2.44. The van der Waals surface area contributed by atoms with Crippen molar-refractivity contribution >= 4 is 39.9 Å². The summed E-state index contributed by atoms with van der Waals surface area (Å²) in [4.78, 5) is 9.94. The largest absolute Gasteiger partial charge is 0.480 e. The Balaban J connectivity index is -0.000000245. The van der Waals surface area contributed by atoms with Gasteiger partial charge in [-0.15, -0.1) is 34.0 Å². The molecule has 0 rings (SSSR count). The number of carboxylic acid groups (broad SMARTS) is 1. The van der Waals surface area contributed by atoms with Gasteiger partial charge in [0, 0.05) is 6.04 Å². The summed E-state index contributed by atoms with van der Waals surface area (Å²) in [6.45, 7) is 1.55. The van der Waals surface area contributed by atoms with Crippen LogP contribution in [-0.2, 0) is 4.79 Å². The lowest BCUT2D eigenvalue weighted by molar-refractivity contribution is -0.138. The summed E-state index contributed by atoms with van der Waals surface area (Å²) in [5.41, 5.74) is 10.2. The van der Waals surface area contributed by atoms with E-state index in [9.17, 15) is 4.79 Å². The van der Waals surface area contributed by atoms with Crippen LogP contribution in [0.5, 0.6) is 0 Å². The average molecular weight is 280 g/mol. The fourth-order valence-corrected chi connectivity index (χ4v) is 0.225. The van der Waals surface area contributed by atoms with Gasteiger partial charge in [0.2, 0.25) is 0 Å². The van der Waals surface area contributed by atoms with Crippen molar-refractivity contribution in [3.05, 3.63) is 0 Å². The molecule has 64 valence electrons. The van der Waals surface area contributed by atoms with Gasteiger partial charge < -0.3 is 16.6 Å². The van der Waals surface area contributed by atoms with Crippen LogP contribution < -0.4 is 11.5 Å². The van der Waals surface area contributed by atoms with Crippen molar-refractivity contribution in [2.75, 3.05) is 0 Å². The molecule has 0 aromatic heterocycles. The van der Waals surface area contributed by atoms with Crippen molar-refractivity contribution < 1.29 is 9.90 Å². The SMILES string of the molecule is Br.Br.CC(N)C(N)C(=O)O. The minimum Gasteiger partial charge on any atom is -0.480 e. The fraction of sp³-hybridized carbons (Fsp3) is 0.750. The number of aliphatic carboxylic acids is 1. The molecule has 0 heterocycles. The van der Waals surface area contributed by atoms with Crippen molar-refractivity contribution in [2.45, 2.75) is 19.0 Å². The number of halogens is 2. The van der Waals surface area contributed by atoms with Crippen LogP contribution in [0, 0.1) is 0 Å². The highest BCUT2D eigenvalue weighted by Gasteiger charge is 2.14. The van der Waals surface area contributed by atoms with Gasteiger partial charge in [0.15, 0.2) is 0 Å². The third-order valence-corrected chi connectivity index (χ3v) is 0.852. The van der Waals surface area contributed by atoms with E-state index in [1.807, 2.05) is 0 Å². The molecule has 0 amide bonds. The Bertz CT molecular complexity index is 99.3. The highest BCUT2D eigenvalue weighted by Crippen LogP contribution is 1.82. The Morgan fingerprint density at radius 2 is 1.70 bits per heavy atom. The third kappa shape index (κ3) is 6.47. The molecular weight excluding hydrogens is 268 g/mol. The summed E-state index contributed by atoms with van der Waals surface area (Å²) < 4.78 is 0. The second kappa shape index (κ2) is 7.46. The van der Waals surface area contributed by atoms with E-state index in [0.717, 1.165) is 0 Å². The van der Waals surface area contributed by atoms with Gasteiger partial charge in [-0.1, -0.05) is 0 Å². The monoisotopic (exact) mass is 278 g/mol. The first-order chi connectivity index (χ1) is 3.55. The smallest absolute Gasteiger partial charge is 0.322 e. The van der Waals surface area contributed by atoms with Gasteiger partial charge in [-0.05, 0) is 6.92 Å². The van der Waals surface area contributed by atoms with Gasteiger partial charge in [-0.2, -0.15) is 0 Å². The summed E-state index contributed by atoms with van der Waals surface area (Å²) in [6.07, 6.45) is 0. The van der Waals surface area contributed by atoms with E-state index in [1.165, 1.54) is 0 Å². The zero-order valence-corrected chi connectivity index (χ0v) is 8.91. The van der Waals surface area contributed by atoms with Gasteiger partial charge in [-0.25, -0.2) is 0 Å². The molecule has 6 heteroatoms. The summed E-state index contributed by atoms with van der Waals surface area (Å²) in [5.74, 6) is -1.06. The van der Waals surface area contributed by atoms with Gasteiger partial charge >= 0.3 is 5.97 Å². The summed E-state index contributed by atoms with van der Waals surface area (Å²) in [5, 5.41) is 8.15. The van der Waals surface area contributed by atoms with Crippen molar-refractivity contribution in [3.8, 4) is 0 Å². The second-order valence-electron chi connectivity index (χ2n) is 1.72. The summed E-state index contributed by atoms with van der Waals surface area (Å²) in [6, 6.07) is -1.41. The molecule has 2 unspecified atom stereocenters. The zero-order valence-electron chi connectivity index (χ0n) is 5.48. The molecule has 4 nitrogen and oxygen atoms in total. The average Bonchev–Trinajstić information content (AvgIpc) is 1.64. The van der Waals surface area contributed by atoms with Crippen LogP contribution in [0.25, 0.3) is 0 Å². The van der Waals surface area contributed by atoms with Gasteiger partial charge in [0.05, 0.1) is 0 Å². The number of carbonyl (C=O) groups is 1. The van der Waals surface area contributed by atoms with E-state index >= 15 is 0 Å². The van der Waals surface area contributed by atoms with Crippen LogP contribution in [0.15, 0.2) is 0 Å². The Kier molecular flexibility index (Phi) is 12.5. The van der Waals surface area contributed by atoms with Crippen molar-refractivity contribution in [1.82, 2.24) is 0 Å². The molecule has 0 aliphatic carbocycles. The first kappa shape index (κ1) is 16.7. The number of nitrogens with two attached hydrogens (primary N) is 2. The first-order valence-electron chi connectivity index (χ1n) is 2.29. The number of carboxylic acids is 1. The van der Waals surface area contributed by atoms with Crippen molar-refractivity contribution in [2.24, 2.45) is 11.5 Å². The Labute approximate surface area is 80.5 Å². The molecule has 0 aromatic carbocycles. The van der Waals surface area contributed by atoms with Crippen LogP contribution in [0.2, 0.25) is 0 Å². The van der Waals surface area contributed by atoms with Gasteiger partial charge in [-0.3, -0.25) is 4.79 Å². The molecular formula is C4H12Br2N2O2. The third-order valence-electron chi connectivity index (χ3n) is 0.852. The molecule has 0 spiro atoms. The molecule has 2 atom stereocenters. The maximum atomic E-state index is 9.94. The Hall–Kier alpha value is 0.350. The molecule has 0 aliphatic heterocycles. The topological polar surface area (TPSA) is 89.3 Å². The summed E-state index contributed by atoms with van der Waals surface area (Å²) >= 11 is 0. The van der Waals surface area contributed by atoms with E-state index in [4.69, 9.17) is 16.6 Å². The lowest BCUT2D eigenvalue weighted by Gasteiger charge is -2.08. The van der Waals surface area contributed by atoms with E-state index in [2.05, 4.69) is 0 Å². The molecule has 0 fully saturated rings. The zero-order chi connectivity index (χ0) is 6.73. The van der Waals surface area contributed by atoms with E-state index in [1.54, 1.807) is 6.92 Å². The molecule has 0 radical (unpaired) electrons. The van der Waals surface area contributed by atoms with Crippen molar-refractivity contribution in [3.63, 3.8) is 0 Å². The normalized spacial score (nSPS) is 13.9. The highest BCUT2D eigenvalue weighted by molar-refractivity contribution is 8.93. The quantitative estimate of drug-likeness (QED) is 0.659. The van der Waals surface area contributed by atoms with Crippen molar-refractivity contribution in [1.29, 1.82) is 0 Å². The Morgan fingerprint density at radius 3 is 1.70 bits per heavy atom. The van der Waals surface area contributed by atoms with E-state index < -0.39 is 18.1 Å². The van der Waals surface area contributed by atoms with Crippen LogP contribution in [0.4, 0.5) is 0 Å². The molecule has 0 saturated heterocycles. The predicted octanol–water partition coefficient (Wildman–Crippen LogP) is -0.0987. The van der Waals surface area contributed by atoms with Crippen LogP contribution in [0.1, 0.15) is 6.92 Å². The molecule has 5 N–H and O–H groups in total. The molecule has 0 aliphatic rings. The van der Waals surface area contributed by atoms with E-state index in [-0.39, 0.29) is 34.0 Å². The molecule has 0 bridgehead atoms. The number of hydrogen-bond donors (Lipinski definition) is 3. The first-order valence-corrected chi connectivity index (χ1v) is 2.29. The standard InChI is InChI=1S/C4H10N2O2.2BrH/c1-2(5)3(6)4(7)8;;/h2-3H,5-6H2,1H3,(H,7,8);2*1H. The predicted molar refractivity (Wildman–Crippen MR) is 49.9 cm³/mol. The van der Waals surface area contributed by atoms with E-state index in [0.29, 0.717) is 0 Å².